The van der Waals surface area contributed by atoms with E-state index in [1.165, 1.54) is 6.42 Å². The molecule has 0 bridgehead atoms. The smallest absolute Gasteiger partial charge is 0.259 e. The van der Waals surface area contributed by atoms with E-state index >= 15 is 0 Å². The van der Waals surface area contributed by atoms with E-state index in [1.807, 2.05) is 11.8 Å². The predicted octanol–water partition coefficient (Wildman–Crippen LogP) is 1.54. The minimum Gasteiger partial charge on any atom is -0.361 e. The molecule has 0 aliphatic carbocycles. The Morgan fingerprint density at radius 1 is 1.42 bits per heavy atom. The Bertz CT molecular complexity index is 461. The van der Waals surface area contributed by atoms with Crippen molar-refractivity contribution in [1.82, 2.24) is 15.4 Å². The van der Waals surface area contributed by atoms with Crippen molar-refractivity contribution in [3.63, 3.8) is 0 Å². The van der Waals surface area contributed by atoms with Crippen LogP contribution in [-0.4, -0.2) is 42.1 Å². The van der Waals surface area contributed by atoms with Crippen LogP contribution in [0.5, 0.6) is 0 Å². The summed E-state index contributed by atoms with van der Waals surface area (Å²) in [5, 5.41) is 7.27. The summed E-state index contributed by atoms with van der Waals surface area (Å²) in [4.78, 5) is 14.5. The van der Waals surface area contributed by atoms with E-state index in [0.717, 1.165) is 32.6 Å². The summed E-state index contributed by atoms with van der Waals surface area (Å²) >= 11 is 0. The summed E-state index contributed by atoms with van der Waals surface area (Å²) in [5.74, 6) is 0.707. The summed E-state index contributed by atoms with van der Waals surface area (Å²) in [6.07, 6.45) is 2.29. The van der Waals surface area contributed by atoms with Gasteiger partial charge in [0.2, 0.25) is 0 Å². The fourth-order valence-corrected chi connectivity index (χ4v) is 3.20. The first-order valence-corrected chi connectivity index (χ1v) is 6.54. The van der Waals surface area contributed by atoms with Crippen molar-refractivity contribution in [3.05, 3.63) is 17.0 Å². The van der Waals surface area contributed by atoms with E-state index in [1.54, 1.807) is 6.92 Å². The highest BCUT2D eigenvalue weighted by molar-refractivity contribution is 5.96. The van der Waals surface area contributed by atoms with E-state index in [4.69, 9.17) is 4.52 Å². The number of hydrogen-bond donors (Lipinski definition) is 1. The van der Waals surface area contributed by atoms with Gasteiger partial charge in [-0.2, -0.15) is 0 Å². The van der Waals surface area contributed by atoms with Crippen LogP contribution in [0.1, 0.15) is 34.7 Å². The molecule has 2 aliphatic rings. The van der Waals surface area contributed by atoms with E-state index in [0.29, 0.717) is 22.4 Å². The molecule has 106 valence electrons. The molecule has 3 rings (SSSR count). The second-order valence-electron chi connectivity index (χ2n) is 5.60. The fourth-order valence-electron chi connectivity index (χ4n) is 3.20. The maximum Gasteiger partial charge on any atom is 0.259 e. The van der Waals surface area contributed by atoms with Crippen LogP contribution in [0.15, 0.2) is 4.52 Å². The zero-order chi connectivity index (χ0) is 12.8. The highest BCUT2D eigenvalue weighted by Crippen LogP contribution is 2.36. The summed E-state index contributed by atoms with van der Waals surface area (Å²) in [6, 6.07) is 0. The van der Waals surface area contributed by atoms with Gasteiger partial charge in [0.1, 0.15) is 11.3 Å². The van der Waals surface area contributed by atoms with Crippen molar-refractivity contribution in [1.29, 1.82) is 0 Å². The SMILES string of the molecule is Cc1noc(C)c1C(=O)N1CCC2(CCNC2)C1.Cl. The highest BCUT2D eigenvalue weighted by Gasteiger charge is 2.42. The Labute approximate surface area is 119 Å². The van der Waals surface area contributed by atoms with Gasteiger partial charge in [-0.1, -0.05) is 5.16 Å². The van der Waals surface area contributed by atoms with Crippen molar-refractivity contribution in [3.8, 4) is 0 Å². The van der Waals surface area contributed by atoms with Gasteiger partial charge in [-0.25, -0.2) is 0 Å². The average Bonchev–Trinajstić information content (AvgIpc) is 3.04. The van der Waals surface area contributed by atoms with Gasteiger partial charge in [0.05, 0.1) is 5.69 Å². The van der Waals surface area contributed by atoms with Crippen molar-refractivity contribution >= 4 is 18.3 Å². The summed E-state index contributed by atoms with van der Waals surface area (Å²) in [7, 11) is 0. The van der Waals surface area contributed by atoms with Crippen LogP contribution in [0.3, 0.4) is 0 Å². The van der Waals surface area contributed by atoms with Gasteiger partial charge in [0, 0.05) is 25.0 Å². The van der Waals surface area contributed by atoms with E-state index < -0.39 is 0 Å². The molecule has 1 unspecified atom stereocenters. The first kappa shape index (κ1) is 14.3. The lowest BCUT2D eigenvalue weighted by molar-refractivity contribution is 0.0773. The predicted molar refractivity (Wildman–Crippen MR) is 73.7 cm³/mol. The van der Waals surface area contributed by atoms with Crippen LogP contribution < -0.4 is 5.32 Å². The molecule has 6 heteroatoms. The molecule has 0 radical (unpaired) electrons. The Kier molecular flexibility index (Phi) is 3.87. The Balaban J connectivity index is 0.00000133. The third-order valence-corrected chi connectivity index (χ3v) is 4.30. The molecule has 0 saturated carbocycles. The van der Waals surface area contributed by atoms with Gasteiger partial charge in [0.25, 0.3) is 5.91 Å². The molecule has 19 heavy (non-hydrogen) atoms. The molecular weight excluding hydrogens is 266 g/mol. The third kappa shape index (κ3) is 2.37. The van der Waals surface area contributed by atoms with Gasteiger partial charge in [-0.05, 0) is 33.2 Å². The summed E-state index contributed by atoms with van der Waals surface area (Å²) in [6.45, 7) is 7.46. The Morgan fingerprint density at radius 3 is 2.79 bits per heavy atom. The van der Waals surface area contributed by atoms with Crippen LogP contribution in [0.2, 0.25) is 0 Å². The van der Waals surface area contributed by atoms with Gasteiger partial charge in [-0.3, -0.25) is 4.79 Å². The first-order valence-electron chi connectivity index (χ1n) is 6.54. The lowest BCUT2D eigenvalue weighted by atomic mass is 9.86. The average molecular weight is 286 g/mol. The zero-order valence-electron chi connectivity index (χ0n) is 11.4. The molecule has 1 atom stereocenters. The van der Waals surface area contributed by atoms with Crippen molar-refractivity contribution < 1.29 is 9.32 Å². The third-order valence-electron chi connectivity index (χ3n) is 4.30. The molecule has 0 aromatic carbocycles. The van der Waals surface area contributed by atoms with Gasteiger partial charge >= 0.3 is 0 Å². The van der Waals surface area contributed by atoms with Crippen LogP contribution in [0, 0.1) is 19.3 Å². The molecule has 1 N–H and O–H groups in total. The Hall–Kier alpha value is -1.07. The van der Waals surface area contributed by atoms with Crippen LogP contribution in [0.25, 0.3) is 0 Å². The number of nitrogens with one attached hydrogen (secondary N) is 1. The number of likely N-dealkylation sites (tertiary alicyclic amines) is 1. The number of hydrogen-bond acceptors (Lipinski definition) is 4. The van der Waals surface area contributed by atoms with Gasteiger partial charge in [0.15, 0.2) is 0 Å². The van der Waals surface area contributed by atoms with Crippen LogP contribution in [-0.2, 0) is 0 Å². The number of halogens is 1. The minimum absolute atomic E-state index is 0. The highest BCUT2D eigenvalue weighted by atomic mass is 35.5. The summed E-state index contributed by atoms with van der Waals surface area (Å²) in [5.41, 5.74) is 1.66. The molecule has 2 aliphatic heterocycles. The van der Waals surface area contributed by atoms with Gasteiger partial charge in [-0.15, -0.1) is 12.4 Å². The number of aromatic nitrogens is 1. The zero-order valence-corrected chi connectivity index (χ0v) is 12.2. The van der Waals surface area contributed by atoms with Crippen LogP contribution in [0.4, 0.5) is 0 Å². The molecule has 5 nitrogen and oxygen atoms in total. The maximum atomic E-state index is 12.5. The number of aryl methyl sites for hydroxylation is 2. The number of carbonyl (C=O) groups is 1. The van der Waals surface area contributed by atoms with E-state index in [2.05, 4.69) is 10.5 Å². The monoisotopic (exact) mass is 285 g/mol. The number of rotatable bonds is 1. The van der Waals surface area contributed by atoms with Crippen molar-refractivity contribution in [2.24, 2.45) is 5.41 Å². The van der Waals surface area contributed by atoms with Crippen molar-refractivity contribution in [2.45, 2.75) is 26.7 Å². The Morgan fingerprint density at radius 2 is 2.21 bits per heavy atom. The quantitative estimate of drug-likeness (QED) is 0.850. The largest absolute Gasteiger partial charge is 0.361 e. The van der Waals surface area contributed by atoms with E-state index in [-0.39, 0.29) is 18.3 Å². The van der Waals surface area contributed by atoms with Crippen molar-refractivity contribution in [2.75, 3.05) is 26.2 Å². The number of amides is 1. The lowest BCUT2D eigenvalue weighted by Crippen LogP contribution is -2.33. The standard InChI is InChI=1S/C13H19N3O2.ClH/c1-9-11(10(2)18-15-9)12(17)16-6-4-13(8-16)3-5-14-7-13;/h14H,3-8H2,1-2H3;1H. The first-order chi connectivity index (χ1) is 8.61. The molecule has 2 saturated heterocycles. The van der Waals surface area contributed by atoms with Gasteiger partial charge < -0.3 is 14.7 Å². The molecule has 1 aromatic rings. The molecule has 2 fully saturated rings. The second-order valence-corrected chi connectivity index (χ2v) is 5.60. The molecule has 1 aromatic heterocycles. The van der Waals surface area contributed by atoms with E-state index in [9.17, 15) is 4.79 Å². The molecule has 1 amide bonds. The maximum absolute atomic E-state index is 12.5. The number of nitrogens with zero attached hydrogens (tertiary/aromatic N) is 2. The molecule has 1 spiro atoms. The number of carbonyl (C=O) groups excluding carboxylic acids is 1. The lowest BCUT2D eigenvalue weighted by Gasteiger charge is -2.22. The van der Waals surface area contributed by atoms with Crippen LogP contribution >= 0.6 is 12.4 Å². The molecular formula is C13H20ClN3O2. The minimum atomic E-state index is 0. The normalized spacial score (nSPS) is 25.9. The molecule has 3 heterocycles. The fraction of sp³-hybridized carbons (Fsp3) is 0.692. The summed E-state index contributed by atoms with van der Waals surface area (Å²) < 4.78 is 5.08. The topological polar surface area (TPSA) is 58.4 Å². The second kappa shape index (κ2) is 5.13.